The highest BCUT2D eigenvalue weighted by molar-refractivity contribution is 5.73. The molecule has 0 aromatic rings. The lowest BCUT2D eigenvalue weighted by atomic mass is 9.99. The van der Waals surface area contributed by atoms with Gasteiger partial charge >= 0.3 is 5.97 Å². The van der Waals surface area contributed by atoms with Crippen molar-refractivity contribution >= 4 is 5.97 Å². The van der Waals surface area contributed by atoms with Crippen LogP contribution in [0.25, 0.3) is 0 Å². The number of aliphatic carboxylic acids is 1. The van der Waals surface area contributed by atoms with E-state index in [0.29, 0.717) is 6.04 Å². The lowest BCUT2D eigenvalue weighted by molar-refractivity contribution is -0.145. The normalized spacial score (nSPS) is 26.0. The summed E-state index contributed by atoms with van der Waals surface area (Å²) >= 11 is 0. The molecule has 0 aromatic carbocycles. The largest absolute Gasteiger partial charge is 0.480 e. The smallest absolute Gasteiger partial charge is 0.320 e. The molecule has 1 fully saturated rings. The SMILES string of the molecule is CCC[C@H](C(=O)O)N1CCCC[C@H]1C. The summed E-state index contributed by atoms with van der Waals surface area (Å²) in [6.45, 7) is 5.15. The summed E-state index contributed by atoms with van der Waals surface area (Å²) in [5.74, 6) is -0.652. The Bertz CT molecular complexity index is 194. The number of nitrogens with zero attached hydrogens (tertiary/aromatic N) is 1. The number of hydrogen-bond acceptors (Lipinski definition) is 2. The summed E-state index contributed by atoms with van der Waals surface area (Å²) in [4.78, 5) is 13.3. The van der Waals surface area contributed by atoms with Gasteiger partial charge in [0.25, 0.3) is 0 Å². The molecule has 0 saturated carbocycles. The van der Waals surface area contributed by atoms with Gasteiger partial charge in [-0.05, 0) is 32.7 Å². The first-order valence-corrected chi connectivity index (χ1v) is 5.65. The van der Waals surface area contributed by atoms with Crippen LogP contribution in [0.15, 0.2) is 0 Å². The van der Waals surface area contributed by atoms with E-state index >= 15 is 0 Å². The van der Waals surface area contributed by atoms with Crippen LogP contribution in [0.4, 0.5) is 0 Å². The van der Waals surface area contributed by atoms with Crippen LogP contribution in [0.1, 0.15) is 46.0 Å². The van der Waals surface area contributed by atoms with Crippen LogP contribution in [0.5, 0.6) is 0 Å². The average molecular weight is 199 g/mol. The summed E-state index contributed by atoms with van der Waals surface area (Å²) < 4.78 is 0. The predicted octanol–water partition coefficient (Wildman–Crippen LogP) is 2.11. The van der Waals surface area contributed by atoms with Crippen molar-refractivity contribution in [3.63, 3.8) is 0 Å². The second kappa shape index (κ2) is 5.35. The lowest BCUT2D eigenvalue weighted by Gasteiger charge is -2.37. The molecule has 1 aliphatic rings. The number of carboxylic acids is 1. The molecule has 3 heteroatoms. The fraction of sp³-hybridized carbons (Fsp3) is 0.909. The average Bonchev–Trinajstić information content (AvgIpc) is 2.15. The van der Waals surface area contributed by atoms with E-state index in [2.05, 4.69) is 11.8 Å². The van der Waals surface area contributed by atoms with Gasteiger partial charge in [-0.15, -0.1) is 0 Å². The van der Waals surface area contributed by atoms with E-state index in [0.717, 1.165) is 32.2 Å². The van der Waals surface area contributed by atoms with Gasteiger partial charge in [-0.3, -0.25) is 9.69 Å². The van der Waals surface area contributed by atoms with Crippen LogP contribution in [-0.2, 0) is 4.79 Å². The van der Waals surface area contributed by atoms with Crippen molar-refractivity contribution in [1.29, 1.82) is 0 Å². The Morgan fingerprint density at radius 3 is 2.79 bits per heavy atom. The molecule has 0 spiro atoms. The standard InChI is InChI=1S/C11H21NO2/c1-3-6-10(11(13)14)12-8-5-4-7-9(12)2/h9-10H,3-8H2,1-2H3,(H,13,14)/t9-,10-/m1/s1. The molecule has 2 atom stereocenters. The van der Waals surface area contributed by atoms with Gasteiger partial charge < -0.3 is 5.11 Å². The maximum absolute atomic E-state index is 11.1. The van der Waals surface area contributed by atoms with Crippen molar-refractivity contribution in [2.45, 2.75) is 58.0 Å². The zero-order valence-electron chi connectivity index (χ0n) is 9.20. The summed E-state index contributed by atoms with van der Waals surface area (Å²) in [6.07, 6.45) is 5.27. The van der Waals surface area contributed by atoms with E-state index in [9.17, 15) is 4.79 Å². The Morgan fingerprint density at radius 1 is 1.57 bits per heavy atom. The Hall–Kier alpha value is -0.570. The first-order valence-electron chi connectivity index (χ1n) is 5.65. The number of piperidine rings is 1. The monoisotopic (exact) mass is 199 g/mol. The van der Waals surface area contributed by atoms with E-state index in [1.807, 2.05) is 6.92 Å². The molecule has 82 valence electrons. The van der Waals surface area contributed by atoms with E-state index in [1.165, 1.54) is 6.42 Å². The van der Waals surface area contributed by atoms with E-state index in [1.54, 1.807) is 0 Å². The van der Waals surface area contributed by atoms with Crippen LogP contribution in [0.3, 0.4) is 0 Å². The summed E-state index contributed by atoms with van der Waals surface area (Å²) in [6, 6.07) is 0.187. The number of likely N-dealkylation sites (tertiary alicyclic amines) is 1. The Morgan fingerprint density at radius 2 is 2.29 bits per heavy atom. The van der Waals surface area contributed by atoms with Crippen LogP contribution in [0.2, 0.25) is 0 Å². The third-order valence-electron chi connectivity index (χ3n) is 3.10. The van der Waals surface area contributed by atoms with Crippen LogP contribution in [-0.4, -0.2) is 34.6 Å². The van der Waals surface area contributed by atoms with Gasteiger partial charge in [0.15, 0.2) is 0 Å². The molecule has 1 rings (SSSR count). The van der Waals surface area contributed by atoms with Crippen molar-refractivity contribution in [1.82, 2.24) is 4.90 Å². The Kier molecular flexibility index (Phi) is 4.39. The quantitative estimate of drug-likeness (QED) is 0.754. The molecule has 3 nitrogen and oxygen atoms in total. The molecule has 1 heterocycles. The first-order chi connectivity index (χ1) is 6.66. The fourth-order valence-corrected chi connectivity index (χ4v) is 2.29. The Balaban J connectivity index is 2.60. The van der Waals surface area contributed by atoms with Crippen molar-refractivity contribution in [2.24, 2.45) is 0 Å². The van der Waals surface area contributed by atoms with Gasteiger partial charge in [0.05, 0.1) is 0 Å². The van der Waals surface area contributed by atoms with Crippen molar-refractivity contribution < 1.29 is 9.90 Å². The zero-order chi connectivity index (χ0) is 10.6. The van der Waals surface area contributed by atoms with Gasteiger partial charge in [0, 0.05) is 6.04 Å². The zero-order valence-corrected chi connectivity index (χ0v) is 9.20. The van der Waals surface area contributed by atoms with Gasteiger partial charge in [-0.1, -0.05) is 19.8 Å². The molecular formula is C11H21NO2. The molecule has 0 aromatic heterocycles. The highest BCUT2D eigenvalue weighted by Crippen LogP contribution is 2.21. The molecule has 14 heavy (non-hydrogen) atoms. The fourth-order valence-electron chi connectivity index (χ4n) is 2.29. The molecule has 0 unspecified atom stereocenters. The topological polar surface area (TPSA) is 40.5 Å². The molecule has 0 amide bonds. The molecule has 0 radical (unpaired) electrons. The summed E-state index contributed by atoms with van der Waals surface area (Å²) in [7, 11) is 0. The number of carbonyl (C=O) groups is 1. The first kappa shape index (κ1) is 11.5. The third kappa shape index (κ3) is 2.71. The van der Waals surface area contributed by atoms with Crippen molar-refractivity contribution in [2.75, 3.05) is 6.54 Å². The molecule has 1 saturated heterocycles. The maximum Gasteiger partial charge on any atom is 0.320 e. The highest BCUT2D eigenvalue weighted by atomic mass is 16.4. The third-order valence-corrected chi connectivity index (χ3v) is 3.10. The van der Waals surface area contributed by atoms with Crippen molar-refractivity contribution in [3.05, 3.63) is 0 Å². The Labute approximate surface area is 86.1 Å². The minimum Gasteiger partial charge on any atom is -0.480 e. The molecular weight excluding hydrogens is 178 g/mol. The van der Waals surface area contributed by atoms with Gasteiger partial charge in [0.1, 0.15) is 6.04 Å². The highest BCUT2D eigenvalue weighted by Gasteiger charge is 2.29. The number of carboxylic acid groups (broad SMARTS) is 1. The second-order valence-electron chi connectivity index (χ2n) is 4.23. The second-order valence-corrected chi connectivity index (χ2v) is 4.23. The van der Waals surface area contributed by atoms with Crippen LogP contribution in [0, 0.1) is 0 Å². The maximum atomic E-state index is 11.1. The van der Waals surface area contributed by atoms with Gasteiger partial charge in [-0.25, -0.2) is 0 Å². The van der Waals surface area contributed by atoms with Crippen molar-refractivity contribution in [3.8, 4) is 0 Å². The number of rotatable bonds is 4. The lowest BCUT2D eigenvalue weighted by Crippen LogP contribution is -2.48. The van der Waals surface area contributed by atoms with Crippen LogP contribution >= 0.6 is 0 Å². The molecule has 0 aliphatic carbocycles. The summed E-state index contributed by atoms with van der Waals surface area (Å²) in [5.41, 5.74) is 0. The number of hydrogen-bond donors (Lipinski definition) is 1. The molecule has 1 N–H and O–H groups in total. The minimum atomic E-state index is -0.652. The molecule has 0 bridgehead atoms. The van der Waals surface area contributed by atoms with E-state index in [4.69, 9.17) is 5.11 Å². The molecule has 1 aliphatic heterocycles. The van der Waals surface area contributed by atoms with Gasteiger partial charge in [0.2, 0.25) is 0 Å². The van der Waals surface area contributed by atoms with E-state index < -0.39 is 5.97 Å². The van der Waals surface area contributed by atoms with Gasteiger partial charge in [-0.2, -0.15) is 0 Å². The minimum absolute atomic E-state index is 0.254. The summed E-state index contributed by atoms with van der Waals surface area (Å²) in [5, 5.41) is 9.13. The predicted molar refractivity (Wildman–Crippen MR) is 56.4 cm³/mol. The van der Waals surface area contributed by atoms with E-state index in [-0.39, 0.29) is 6.04 Å². The van der Waals surface area contributed by atoms with Crippen LogP contribution < -0.4 is 0 Å².